The van der Waals surface area contributed by atoms with E-state index in [1.807, 2.05) is 0 Å². The average molecular weight is 382 g/mol. The van der Waals surface area contributed by atoms with Crippen LogP contribution in [0.25, 0.3) is 0 Å². The Morgan fingerprint density at radius 2 is 1.86 bits per heavy atom. The number of ether oxygens (including phenoxy) is 2. The maximum atomic E-state index is 12.9. The highest BCUT2D eigenvalue weighted by Gasteiger charge is 2.11. The second-order valence-corrected chi connectivity index (χ2v) is 5.77. The molecule has 0 aliphatic carbocycles. The van der Waals surface area contributed by atoms with Crippen LogP contribution in [0.2, 0.25) is 0 Å². The summed E-state index contributed by atoms with van der Waals surface area (Å²) in [7, 11) is 3.11. The van der Waals surface area contributed by atoms with Gasteiger partial charge in [0, 0.05) is 18.8 Å². The lowest BCUT2D eigenvalue weighted by atomic mass is 10.2. The Labute approximate surface area is 161 Å². The zero-order valence-electron chi connectivity index (χ0n) is 15.4. The van der Waals surface area contributed by atoms with Crippen LogP contribution in [0.3, 0.4) is 0 Å². The fourth-order valence-corrected chi connectivity index (χ4v) is 2.44. The van der Waals surface area contributed by atoms with E-state index in [-0.39, 0.29) is 29.9 Å². The number of methoxy groups -OCH3 is 2. The van der Waals surface area contributed by atoms with Crippen LogP contribution < -0.4 is 20.1 Å². The van der Waals surface area contributed by atoms with Crippen molar-refractivity contribution in [1.82, 2.24) is 15.3 Å². The van der Waals surface area contributed by atoms with Gasteiger partial charge >= 0.3 is 0 Å². The van der Waals surface area contributed by atoms with Crippen molar-refractivity contribution in [2.75, 3.05) is 19.5 Å². The van der Waals surface area contributed by atoms with E-state index in [4.69, 9.17) is 9.47 Å². The Balaban J connectivity index is 1.69. The van der Waals surface area contributed by atoms with Crippen molar-refractivity contribution in [1.29, 1.82) is 0 Å². The van der Waals surface area contributed by atoms with Gasteiger partial charge in [0.05, 0.1) is 19.9 Å². The molecule has 1 heterocycles. The second-order valence-electron chi connectivity index (χ2n) is 5.77. The van der Waals surface area contributed by atoms with Gasteiger partial charge in [-0.1, -0.05) is 12.1 Å². The van der Waals surface area contributed by atoms with Crippen LogP contribution in [-0.2, 0) is 6.54 Å². The maximum absolute atomic E-state index is 12.9. The fraction of sp³-hybridized carbons (Fsp3) is 0.150. The Kier molecular flexibility index (Phi) is 6.01. The van der Waals surface area contributed by atoms with E-state index < -0.39 is 0 Å². The zero-order valence-corrected chi connectivity index (χ0v) is 15.4. The summed E-state index contributed by atoms with van der Waals surface area (Å²) >= 11 is 0. The molecule has 1 aromatic heterocycles. The molecule has 1 amide bonds. The SMILES string of the molecule is COc1ccc(Nc2nccc(C(=O)NCc3ccc(F)cc3)n2)c(OC)c1. The molecule has 2 N–H and O–H groups in total. The third-order valence-electron chi connectivity index (χ3n) is 3.91. The predicted molar refractivity (Wildman–Crippen MR) is 102 cm³/mol. The quantitative estimate of drug-likeness (QED) is 0.652. The van der Waals surface area contributed by atoms with Crippen LogP contribution in [0.5, 0.6) is 11.5 Å². The molecular weight excluding hydrogens is 363 g/mol. The molecule has 3 aromatic rings. The zero-order chi connectivity index (χ0) is 19.9. The molecule has 144 valence electrons. The van der Waals surface area contributed by atoms with Crippen molar-refractivity contribution < 1.29 is 18.7 Å². The predicted octanol–water partition coefficient (Wildman–Crippen LogP) is 3.31. The molecule has 7 nitrogen and oxygen atoms in total. The van der Waals surface area contributed by atoms with E-state index in [9.17, 15) is 9.18 Å². The van der Waals surface area contributed by atoms with Gasteiger partial charge in [0.25, 0.3) is 5.91 Å². The van der Waals surface area contributed by atoms with E-state index in [0.717, 1.165) is 5.56 Å². The number of rotatable bonds is 7. The first-order chi connectivity index (χ1) is 13.6. The van der Waals surface area contributed by atoms with Crippen molar-refractivity contribution in [3.05, 3.63) is 71.8 Å². The smallest absolute Gasteiger partial charge is 0.270 e. The van der Waals surface area contributed by atoms with Crippen molar-refractivity contribution in [3.63, 3.8) is 0 Å². The summed E-state index contributed by atoms with van der Waals surface area (Å²) in [6.07, 6.45) is 1.48. The number of benzene rings is 2. The molecule has 0 spiro atoms. The minimum absolute atomic E-state index is 0.201. The van der Waals surface area contributed by atoms with Crippen LogP contribution >= 0.6 is 0 Å². The van der Waals surface area contributed by atoms with E-state index in [2.05, 4.69) is 20.6 Å². The Morgan fingerprint density at radius 3 is 2.57 bits per heavy atom. The first kappa shape index (κ1) is 19.1. The highest BCUT2D eigenvalue weighted by molar-refractivity contribution is 5.92. The Morgan fingerprint density at radius 1 is 1.07 bits per heavy atom. The van der Waals surface area contributed by atoms with Gasteiger partial charge in [0.15, 0.2) is 0 Å². The van der Waals surface area contributed by atoms with Gasteiger partial charge in [0.2, 0.25) is 5.95 Å². The number of carbonyl (C=O) groups is 1. The van der Waals surface area contributed by atoms with Crippen LogP contribution in [-0.4, -0.2) is 30.1 Å². The summed E-state index contributed by atoms with van der Waals surface area (Å²) in [6.45, 7) is 0.262. The van der Waals surface area contributed by atoms with Gasteiger partial charge in [-0.3, -0.25) is 4.79 Å². The number of halogens is 1. The second kappa shape index (κ2) is 8.81. The first-order valence-corrected chi connectivity index (χ1v) is 8.44. The average Bonchev–Trinajstić information content (AvgIpc) is 2.73. The topological polar surface area (TPSA) is 85.4 Å². The third-order valence-corrected chi connectivity index (χ3v) is 3.91. The monoisotopic (exact) mass is 382 g/mol. The summed E-state index contributed by atoms with van der Waals surface area (Å²) < 4.78 is 23.4. The third kappa shape index (κ3) is 4.73. The lowest BCUT2D eigenvalue weighted by Crippen LogP contribution is -2.24. The van der Waals surface area contributed by atoms with Crippen LogP contribution in [0.1, 0.15) is 16.1 Å². The molecule has 0 saturated heterocycles. The number of hydrogen-bond acceptors (Lipinski definition) is 6. The minimum atomic E-state index is -0.364. The molecule has 3 rings (SSSR count). The number of anilines is 2. The van der Waals surface area contributed by atoms with Crippen LogP contribution in [0.15, 0.2) is 54.7 Å². The largest absolute Gasteiger partial charge is 0.497 e. The summed E-state index contributed by atoms with van der Waals surface area (Å²) in [5.41, 5.74) is 1.62. The van der Waals surface area contributed by atoms with Gasteiger partial charge in [-0.05, 0) is 35.9 Å². The Bertz CT molecular complexity index is 964. The van der Waals surface area contributed by atoms with Crippen LogP contribution in [0.4, 0.5) is 16.0 Å². The molecule has 28 heavy (non-hydrogen) atoms. The molecule has 0 radical (unpaired) electrons. The molecule has 0 aliphatic heterocycles. The summed E-state index contributed by atoms with van der Waals surface area (Å²) in [5.74, 6) is 0.760. The highest BCUT2D eigenvalue weighted by atomic mass is 19.1. The fourth-order valence-electron chi connectivity index (χ4n) is 2.44. The molecule has 0 saturated carbocycles. The molecule has 8 heteroatoms. The number of aromatic nitrogens is 2. The van der Waals surface area contributed by atoms with Gasteiger partial charge in [-0.2, -0.15) is 0 Å². The van der Waals surface area contributed by atoms with E-state index in [1.165, 1.54) is 24.4 Å². The molecule has 0 atom stereocenters. The summed E-state index contributed by atoms with van der Waals surface area (Å²) in [4.78, 5) is 20.7. The Hall–Kier alpha value is -3.68. The number of nitrogens with zero attached hydrogens (tertiary/aromatic N) is 2. The molecule has 0 unspecified atom stereocenters. The highest BCUT2D eigenvalue weighted by Crippen LogP contribution is 2.30. The lowest BCUT2D eigenvalue weighted by molar-refractivity contribution is 0.0946. The maximum Gasteiger partial charge on any atom is 0.270 e. The first-order valence-electron chi connectivity index (χ1n) is 8.44. The van der Waals surface area contributed by atoms with E-state index in [0.29, 0.717) is 17.2 Å². The van der Waals surface area contributed by atoms with Crippen molar-refractivity contribution in [3.8, 4) is 11.5 Å². The van der Waals surface area contributed by atoms with Gasteiger partial charge in [0.1, 0.15) is 23.0 Å². The van der Waals surface area contributed by atoms with Gasteiger partial charge in [-0.15, -0.1) is 0 Å². The molecule has 0 bridgehead atoms. The molecule has 0 fully saturated rings. The number of amides is 1. The summed E-state index contributed by atoms with van der Waals surface area (Å²) in [6, 6.07) is 12.7. The minimum Gasteiger partial charge on any atom is -0.497 e. The van der Waals surface area contributed by atoms with Crippen molar-refractivity contribution >= 4 is 17.5 Å². The number of hydrogen-bond donors (Lipinski definition) is 2. The standard InChI is InChI=1S/C20H19FN4O3/c1-27-15-7-8-16(18(11-15)28-2)24-20-22-10-9-17(25-20)19(26)23-12-13-3-5-14(21)6-4-13/h3-11H,12H2,1-2H3,(H,23,26)(H,22,24,25). The molecule has 0 aliphatic rings. The normalized spacial score (nSPS) is 10.2. The van der Waals surface area contributed by atoms with Crippen molar-refractivity contribution in [2.45, 2.75) is 6.54 Å². The number of nitrogens with one attached hydrogen (secondary N) is 2. The molecule has 2 aromatic carbocycles. The van der Waals surface area contributed by atoms with Crippen LogP contribution in [0, 0.1) is 5.82 Å². The molecular formula is C20H19FN4O3. The lowest BCUT2D eigenvalue weighted by Gasteiger charge is -2.12. The van der Waals surface area contributed by atoms with E-state index >= 15 is 0 Å². The van der Waals surface area contributed by atoms with Gasteiger partial charge in [-0.25, -0.2) is 14.4 Å². The number of carbonyl (C=O) groups excluding carboxylic acids is 1. The summed E-state index contributed by atoms with van der Waals surface area (Å²) in [5, 5.41) is 5.77. The van der Waals surface area contributed by atoms with Crippen molar-refractivity contribution in [2.24, 2.45) is 0 Å². The van der Waals surface area contributed by atoms with Gasteiger partial charge < -0.3 is 20.1 Å². The van der Waals surface area contributed by atoms with E-state index in [1.54, 1.807) is 44.6 Å².